The fourth-order valence-electron chi connectivity index (χ4n) is 3.30. The van der Waals surface area contributed by atoms with E-state index < -0.39 is 23.6 Å². The van der Waals surface area contributed by atoms with Crippen LogP contribution in [0.2, 0.25) is 0 Å². The van der Waals surface area contributed by atoms with Gasteiger partial charge in [-0.05, 0) is 17.7 Å². The number of halogens is 3. The molecule has 1 aliphatic heterocycles. The second kappa shape index (κ2) is 7.42. The minimum atomic E-state index is -4.57. The molecule has 7 heteroatoms. The molecule has 1 heterocycles. The van der Waals surface area contributed by atoms with Gasteiger partial charge in [0.15, 0.2) is 0 Å². The SMILES string of the molecule is CN(Cc1ccccc1)C(=O)C1CC(=O)N(c2ccccc2C(F)(F)F)C1. The third-order valence-electron chi connectivity index (χ3n) is 4.61. The highest BCUT2D eigenvalue weighted by Gasteiger charge is 2.41. The number of para-hydroxylation sites is 1. The molecular weight excluding hydrogens is 357 g/mol. The van der Waals surface area contributed by atoms with E-state index >= 15 is 0 Å². The Balaban J connectivity index is 1.75. The van der Waals surface area contributed by atoms with Gasteiger partial charge in [-0.1, -0.05) is 42.5 Å². The number of rotatable bonds is 4. The van der Waals surface area contributed by atoms with E-state index in [2.05, 4.69) is 0 Å². The molecule has 0 spiro atoms. The molecule has 0 radical (unpaired) electrons. The van der Waals surface area contributed by atoms with Gasteiger partial charge in [-0.25, -0.2) is 0 Å². The Bertz CT molecular complexity index is 837. The smallest absolute Gasteiger partial charge is 0.341 e. The van der Waals surface area contributed by atoms with Gasteiger partial charge in [0.1, 0.15) is 0 Å². The largest absolute Gasteiger partial charge is 0.418 e. The van der Waals surface area contributed by atoms with E-state index in [4.69, 9.17) is 0 Å². The van der Waals surface area contributed by atoms with Crippen molar-refractivity contribution >= 4 is 17.5 Å². The standard InChI is InChI=1S/C20H19F3N2O2/c1-24(12-14-7-3-2-4-8-14)19(27)15-11-18(26)25(13-15)17-10-6-5-9-16(17)20(21,22)23/h2-10,15H,11-13H2,1H3. The molecule has 3 rings (SSSR count). The number of hydrogen-bond donors (Lipinski definition) is 0. The Morgan fingerprint density at radius 1 is 1.11 bits per heavy atom. The van der Waals surface area contributed by atoms with Crippen LogP contribution in [0.3, 0.4) is 0 Å². The maximum atomic E-state index is 13.2. The molecule has 0 saturated carbocycles. The van der Waals surface area contributed by atoms with E-state index in [1.54, 1.807) is 7.05 Å². The van der Waals surface area contributed by atoms with Crippen LogP contribution in [0.5, 0.6) is 0 Å². The van der Waals surface area contributed by atoms with Crippen LogP contribution < -0.4 is 4.90 Å². The molecule has 0 N–H and O–H groups in total. The van der Waals surface area contributed by atoms with E-state index in [0.29, 0.717) is 6.54 Å². The molecule has 0 aliphatic carbocycles. The van der Waals surface area contributed by atoms with Gasteiger partial charge in [-0.3, -0.25) is 9.59 Å². The van der Waals surface area contributed by atoms with E-state index in [9.17, 15) is 22.8 Å². The molecule has 0 bridgehead atoms. The van der Waals surface area contributed by atoms with Crippen LogP contribution in [0.1, 0.15) is 17.5 Å². The van der Waals surface area contributed by atoms with Crippen LogP contribution in [0.4, 0.5) is 18.9 Å². The topological polar surface area (TPSA) is 40.6 Å². The third-order valence-corrected chi connectivity index (χ3v) is 4.61. The van der Waals surface area contributed by atoms with Crippen molar-refractivity contribution in [1.82, 2.24) is 4.90 Å². The van der Waals surface area contributed by atoms with Crippen molar-refractivity contribution in [2.24, 2.45) is 5.92 Å². The Kier molecular flexibility index (Phi) is 5.21. The van der Waals surface area contributed by atoms with Gasteiger partial charge in [0, 0.05) is 26.6 Å². The van der Waals surface area contributed by atoms with Crippen molar-refractivity contribution in [1.29, 1.82) is 0 Å². The molecule has 1 aliphatic rings. The maximum absolute atomic E-state index is 13.2. The lowest BCUT2D eigenvalue weighted by atomic mass is 10.1. The van der Waals surface area contributed by atoms with Crippen molar-refractivity contribution in [3.63, 3.8) is 0 Å². The monoisotopic (exact) mass is 376 g/mol. The first-order valence-electron chi connectivity index (χ1n) is 8.53. The van der Waals surface area contributed by atoms with Crippen LogP contribution >= 0.6 is 0 Å². The van der Waals surface area contributed by atoms with Crippen molar-refractivity contribution in [2.45, 2.75) is 19.1 Å². The molecule has 27 heavy (non-hydrogen) atoms. The molecule has 4 nitrogen and oxygen atoms in total. The van der Waals surface area contributed by atoms with Gasteiger partial charge in [0.05, 0.1) is 17.2 Å². The number of amides is 2. The minimum absolute atomic E-state index is 0.0517. The lowest BCUT2D eigenvalue weighted by Gasteiger charge is -2.23. The molecule has 0 aromatic heterocycles. The first-order valence-corrected chi connectivity index (χ1v) is 8.53. The maximum Gasteiger partial charge on any atom is 0.418 e. The molecule has 2 aromatic rings. The molecule has 2 aromatic carbocycles. The number of alkyl halides is 3. The quantitative estimate of drug-likeness (QED) is 0.816. The summed E-state index contributed by atoms with van der Waals surface area (Å²) in [6, 6.07) is 14.3. The number of anilines is 1. The zero-order chi connectivity index (χ0) is 19.6. The Morgan fingerprint density at radius 3 is 2.41 bits per heavy atom. The summed E-state index contributed by atoms with van der Waals surface area (Å²) in [6.45, 7) is 0.327. The lowest BCUT2D eigenvalue weighted by Crippen LogP contribution is -2.34. The van der Waals surface area contributed by atoms with Crippen molar-refractivity contribution in [2.75, 3.05) is 18.5 Å². The first-order chi connectivity index (χ1) is 12.8. The Hall–Kier alpha value is -2.83. The van der Waals surface area contributed by atoms with Gasteiger partial charge in [-0.15, -0.1) is 0 Å². The summed E-state index contributed by atoms with van der Waals surface area (Å²) in [5.74, 6) is -1.38. The molecular formula is C20H19F3N2O2. The van der Waals surface area contributed by atoms with E-state index in [0.717, 1.165) is 16.5 Å². The van der Waals surface area contributed by atoms with Crippen molar-refractivity contribution < 1.29 is 22.8 Å². The van der Waals surface area contributed by atoms with E-state index in [-0.39, 0.29) is 24.6 Å². The van der Waals surface area contributed by atoms with Crippen LogP contribution in [0.25, 0.3) is 0 Å². The number of nitrogens with zero attached hydrogens (tertiary/aromatic N) is 2. The number of carbonyl (C=O) groups excluding carboxylic acids is 2. The van der Waals surface area contributed by atoms with Gasteiger partial charge < -0.3 is 9.80 Å². The molecule has 2 amide bonds. The summed E-state index contributed by atoms with van der Waals surface area (Å²) in [4.78, 5) is 27.6. The van der Waals surface area contributed by atoms with Crippen LogP contribution in [0.15, 0.2) is 54.6 Å². The van der Waals surface area contributed by atoms with Gasteiger partial charge in [0.25, 0.3) is 0 Å². The lowest BCUT2D eigenvalue weighted by molar-refractivity contribution is -0.137. The average Bonchev–Trinajstić information content (AvgIpc) is 3.02. The van der Waals surface area contributed by atoms with Gasteiger partial charge >= 0.3 is 6.18 Å². The second-order valence-corrected chi connectivity index (χ2v) is 6.60. The zero-order valence-corrected chi connectivity index (χ0v) is 14.7. The summed E-state index contributed by atoms with van der Waals surface area (Å²) >= 11 is 0. The predicted octanol–water partition coefficient (Wildman–Crippen LogP) is 3.72. The predicted molar refractivity (Wildman–Crippen MR) is 94.8 cm³/mol. The van der Waals surface area contributed by atoms with E-state index in [1.807, 2.05) is 30.3 Å². The molecule has 1 atom stereocenters. The first kappa shape index (κ1) is 18.9. The van der Waals surface area contributed by atoms with Crippen molar-refractivity contribution in [3.8, 4) is 0 Å². The highest BCUT2D eigenvalue weighted by atomic mass is 19.4. The van der Waals surface area contributed by atoms with Crippen LogP contribution in [0, 0.1) is 5.92 Å². The summed E-state index contributed by atoms with van der Waals surface area (Å²) in [7, 11) is 1.63. The Labute approximate surface area is 155 Å². The molecule has 1 fully saturated rings. The minimum Gasteiger partial charge on any atom is -0.341 e. The van der Waals surface area contributed by atoms with Crippen LogP contribution in [-0.4, -0.2) is 30.3 Å². The summed E-state index contributed by atoms with van der Waals surface area (Å²) in [5, 5.41) is 0. The number of hydrogen-bond acceptors (Lipinski definition) is 2. The highest BCUT2D eigenvalue weighted by Crippen LogP contribution is 2.38. The van der Waals surface area contributed by atoms with Crippen LogP contribution in [-0.2, 0) is 22.3 Å². The van der Waals surface area contributed by atoms with Gasteiger partial charge in [0.2, 0.25) is 11.8 Å². The van der Waals surface area contributed by atoms with Gasteiger partial charge in [-0.2, -0.15) is 13.2 Å². The molecule has 142 valence electrons. The summed E-state index contributed by atoms with van der Waals surface area (Å²) < 4.78 is 39.7. The Morgan fingerprint density at radius 2 is 1.74 bits per heavy atom. The second-order valence-electron chi connectivity index (χ2n) is 6.60. The number of benzene rings is 2. The summed E-state index contributed by atoms with van der Waals surface area (Å²) in [6.07, 6.45) is -4.66. The number of carbonyl (C=O) groups is 2. The molecule has 1 saturated heterocycles. The fourth-order valence-corrected chi connectivity index (χ4v) is 3.30. The van der Waals surface area contributed by atoms with Crippen molar-refractivity contribution in [3.05, 3.63) is 65.7 Å². The van der Waals surface area contributed by atoms with E-state index in [1.165, 1.54) is 23.1 Å². The highest BCUT2D eigenvalue weighted by molar-refractivity contribution is 6.00. The average molecular weight is 376 g/mol. The fraction of sp³-hybridized carbons (Fsp3) is 0.300. The zero-order valence-electron chi connectivity index (χ0n) is 14.7. The normalized spacial score (nSPS) is 17.3. The third kappa shape index (κ3) is 4.13. The summed E-state index contributed by atoms with van der Waals surface area (Å²) in [5.41, 5.74) is -0.128. The molecule has 1 unspecified atom stereocenters.